The number of carbonyl (C=O) groups excluding carboxylic acids is 1. The summed E-state index contributed by atoms with van der Waals surface area (Å²) >= 11 is 0. The smallest absolute Gasteiger partial charge is 0.223 e. The molecule has 11 heavy (non-hydrogen) atoms. The summed E-state index contributed by atoms with van der Waals surface area (Å²) in [5, 5.41) is 0. The van der Waals surface area contributed by atoms with Gasteiger partial charge in [-0.3, -0.25) is 4.79 Å². The summed E-state index contributed by atoms with van der Waals surface area (Å²) in [4.78, 5) is 11.2. The minimum atomic E-state index is -0.167. The fourth-order valence-corrected chi connectivity index (χ4v) is 2.11. The highest BCUT2D eigenvalue weighted by atomic mass is 16.1. The van der Waals surface area contributed by atoms with E-state index in [0.29, 0.717) is 5.92 Å². The predicted molar refractivity (Wildman–Crippen MR) is 44.9 cm³/mol. The Morgan fingerprint density at radius 3 is 2.00 bits per heavy atom. The van der Waals surface area contributed by atoms with Crippen LogP contribution in [-0.2, 0) is 4.79 Å². The third kappa shape index (κ3) is 1.26. The maximum absolute atomic E-state index is 11.2. The van der Waals surface area contributed by atoms with Crippen molar-refractivity contribution in [2.75, 3.05) is 0 Å². The fourth-order valence-electron chi connectivity index (χ4n) is 2.11. The van der Waals surface area contributed by atoms with Crippen molar-refractivity contribution in [1.29, 1.82) is 0 Å². The van der Waals surface area contributed by atoms with Crippen LogP contribution in [0.1, 0.15) is 39.5 Å². The van der Waals surface area contributed by atoms with Gasteiger partial charge in [-0.25, -0.2) is 0 Å². The molecule has 0 unspecified atom stereocenters. The maximum Gasteiger partial charge on any atom is 0.223 e. The highest BCUT2D eigenvalue weighted by Gasteiger charge is 2.41. The first-order chi connectivity index (χ1) is 5.09. The predicted octanol–water partition coefficient (Wildman–Crippen LogP) is 1.69. The molecule has 1 amide bonds. The topological polar surface area (TPSA) is 43.1 Å². The lowest BCUT2D eigenvalue weighted by molar-refractivity contribution is -0.129. The molecule has 1 saturated carbocycles. The average Bonchev–Trinajstić information content (AvgIpc) is 2.34. The summed E-state index contributed by atoms with van der Waals surface area (Å²) < 4.78 is 0. The Balaban J connectivity index is 2.79. The van der Waals surface area contributed by atoms with Crippen LogP contribution in [0.4, 0.5) is 0 Å². The molecule has 1 aliphatic carbocycles. The normalized spacial score (nSPS) is 22.5. The Labute approximate surface area is 68.2 Å². The van der Waals surface area contributed by atoms with Gasteiger partial charge in [-0.1, -0.05) is 26.7 Å². The number of hydrogen-bond acceptors (Lipinski definition) is 1. The second-order valence-corrected chi connectivity index (χ2v) is 3.88. The largest absolute Gasteiger partial charge is 0.369 e. The van der Waals surface area contributed by atoms with Gasteiger partial charge < -0.3 is 5.73 Å². The van der Waals surface area contributed by atoms with Crippen LogP contribution in [0.25, 0.3) is 0 Å². The van der Waals surface area contributed by atoms with Crippen LogP contribution < -0.4 is 5.73 Å². The molecule has 0 aromatic heterocycles. The lowest BCUT2D eigenvalue weighted by atomic mass is 9.75. The van der Waals surface area contributed by atoms with Gasteiger partial charge in [0.15, 0.2) is 0 Å². The first kappa shape index (κ1) is 8.57. The molecule has 0 atom stereocenters. The van der Waals surface area contributed by atoms with E-state index in [-0.39, 0.29) is 11.3 Å². The van der Waals surface area contributed by atoms with Crippen LogP contribution in [0.3, 0.4) is 0 Å². The van der Waals surface area contributed by atoms with E-state index in [4.69, 9.17) is 5.73 Å². The Hall–Kier alpha value is -0.530. The number of carbonyl (C=O) groups is 1. The van der Waals surface area contributed by atoms with Crippen LogP contribution >= 0.6 is 0 Å². The molecule has 0 saturated heterocycles. The molecular weight excluding hydrogens is 138 g/mol. The van der Waals surface area contributed by atoms with Crippen molar-refractivity contribution < 1.29 is 4.79 Å². The molecule has 1 rings (SSSR count). The van der Waals surface area contributed by atoms with E-state index in [1.807, 2.05) is 0 Å². The van der Waals surface area contributed by atoms with Gasteiger partial charge in [0.05, 0.1) is 5.41 Å². The highest BCUT2D eigenvalue weighted by Crippen LogP contribution is 2.43. The van der Waals surface area contributed by atoms with Crippen LogP contribution in [0.15, 0.2) is 0 Å². The monoisotopic (exact) mass is 155 g/mol. The van der Waals surface area contributed by atoms with Crippen molar-refractivity contribution in [3.8, 4) is 0 Å². The number of hydrogen-bond donors (Lipinski definition) is 1. The van der Waals surface area contributed by atoms with E-state index in [0.717, 1.165) is 12.8 Å². The number of amides is 1. The lowest BCUT2D eigenvalue weighted by Gasteiger charge is -2.29. The van der Waals surface area contributed by atoms with E-state index in [1.165, 1.54) is 12.8 Å². The van der Waals surface area contributed by atoms with E-state index < -0.39 is 0 Å². The van der Waals surface area contributed by atoms with Gasteiger partial charge in [0.1, 0.15) is 0 Å². The van der Waals surface area contributed by atoms with Crippen LogP contribution in [0, 0.1) is 11.3 Å². The summed E-state index contributed by atoms with van der Waals surface area (Å²) in [6.45, 7) is 4.19. The van der Waals surface area contributed by atoms with Gasteiger partial charge in [-0.05, 0) is 18.8 Å². The van der Waals surface area contributed by atoms with Crippen molar-refractivity contribution in [3.05, 3.63) is 0 Å². The second kappa shape index (κ2) is 2.84. The van der Waals surface area contributed by atoms with E-state index in [1.54, 1.807) is 0 Å². The molecule has 2 heteroatoms. The molecule has 64 valence electrons. The summed E-state index contributed by atoms with van der Waals surface area (Å²) in [7, 11) is 0. The minimum absolute atomic E-state index is 0.0926. The van der Waals surface area contributed by atoms with E-state index >= 15 is 0 Å². The van der Waals surface area contributed by atoms with Gasteiger partial charge >= 0.3 is 0 Å². The molecule has 0 radical (unpaired) electrons. The van der Waals surface area contributed by atoms with Crippen molar-refractivity contribution >= 4 is 5.91 Å². The van der Waals surface area contributed by atoms with Gasteiger partial charge in [0.2, 0.25) is 5.91 Å². The van der Waals surface area contributed by atoms with Crippen molar-refractivity contribution in [3.63, 3.8) is 0 Å². The third-order valence-corrected chi connectivity index (χ3v) is 3.09. The van der Waals surface area contributed by atoms with Crippen molar-refractivity contribution in [1.82, 2.24) is 0 Å². The molecule has 2 nitrogen and oxygen atoms in total. The molecule has 0 aliphatic heterocycles. The SMILES string of the molecule is CC(C)C1(C(N)=O)CCCC1. The summed E-state index contributed by atoms with van der Waals surface area (Å²) in [6, 6.07) is 0. The molecule has 0 heterocycles. The van der Waals surface area contributed by atoms with Crippen molar-refractivity contribution in [2.45, 2.75) is 39.5 Å². The van der Waals surface area contributed by atoms with Gasteiger partial charge in [-0.15, -0.1) is 0 Å². The van der Waals surface area contributed by atoms with Gasteiger partial charge in [0.25, 0.3) is 0 Å². The first-order valence-corrected chi connectivity index (χ1v) is 4.39. The zero-order valence-corrected chi connectivity index (χ0v) is 7.39. The summed E-state index contributed by atoms with van der Waals surface area (Å²) in [5.74, 6) is 0.313. The molecule has 1 aliphatic rings. The first-order valence-electron chi connectivity index (χ1n) is 4.39. The standard InChI is InChI=1S/C9H17NO/c1-7(2)9(8(10)11)5-3-4-6-9/h7H,3-6H2,1-2H3,(H2,10,11). The lowest BCUT2D eigenvalue weighted by Crippen LogP contribution is -2.38. The number of nitrogens with two attached hydrogens (primary N) is 1. The molecule has 1 fully saturated rings. The minimum Gasteiger partial charge on any atom is -0.369 e. The van der Waals surface area contributed by atoms with Gasteiger partial charge in [0, 0.05) is 0 Å². The van der Waals surface area contributed by atoms with Crippen LogP contribution in [0.5, 0.6) is 0 Å². The summed E-state index contributed by atoms with van der Waals surface area (Å²) in [6.07, 6.45) is 4.34. The van der Waals surface area contributed by atoms with Crippen molar-refractivity contribution in [2.24, 2.45) is 17.1 Å². The maximum atomic E-state index is 11.2. The fraction of sp³-hybridized carbons (Fsp3) is 0.889. The molecule has 0 aromatic rings. The number of primary amides is 1. The Bertz CT molecular complexity index is 157. The average molecular weight is 155 g/mol. The third-order valence-electron chi connectivity index (χ3n) is 3.09. The van der Waals surface area contributed by atoms with Crippen LogP contribution in [-0.4, -0.2) is 5.91 Å². The van der Waals surface area contributed by atoms with Gasteiger partial charge in [-0.2, -0.15) is 0 Å². The second-order valence-electron chi connectivity index (χ2n) is 3.88. The molecule has 2 N–H and O–H groups in total. The summed E-state index contributed by atoms with van der Waals surface area (Å²) in [5.41, 5.74) is 5.23. The zero-order chi connectivity index (χ0) is 8.48. The molecule has 0 spiro atoms. The quantitative estimate of drug-likeness (QED) is 0.648. The Morgan fingerprint density at radius 2 is 1.82 bits per heavy atom. The van der Waals surface area contributed by atoms with E-state index in [2.05, 4.69) is 13.8 Å². The van der Waals surface area contributed by atoms with E-state index in [9.17, 15) is 4.79 Å². The Morgan fingerprint density at radius 1 is 1.36 bits per heavy atom. The molecule has 0 aromatic carbocycles. The Kier molecular flexibility index (Phi) is 2.21. The molecular formula is C9H17NO. The highest BCUT2D eigenvalue weighted by molar-refractivity contribution is 5.81. The molecule has 0 bridgehead atoms. The van der Waals surface area contributed by atoms with Crippen LogP contribution in [0.2, 0.25) is 0 Å². The zero-order valence-electron chi connectivity index (χ0n) is 7.39. The number of rotatable bonds is 2.